The molecule has 0 unspecified atom stereocenters. The minimum absolute atomic E-state index is 0.193. The normalized spacial score (nSPS) is 14.6. The Bertz CT molecular complexity index is 1110. The zero-order chi connectivity index (χ0) is 23.4. The lowest BCUT2D eigenvalue weighted by Crippen LogP contribution is -2.40. The summed E-state index contributed by atoms with van der Waals surface area (Å²) >= 11 is 0. The Morgan fingerprint density at radius 3 is 2.12 bits per heavy atom. The molecule has 1 aromatic heterocycles. The molecule has 1 fully saturated rings. The Hall–Kier alpha value is -3.68. The van der Waals surface area contributed by atoms with Crippen molar-refractivity contribution < 1.29 is 14.3 Å². The summed E-state index contributed by atoms with van der Waals surface area (Å²) in [6, 6.07) is 19.3. The highest BCUT2D eigenvalue weighted by atomic mass is 16.6. The average Bonchev–Trinajstić information content (AvgIpc) is 3.09. The fraction of sp³-hybridized carbons (Fsp3) is 0.360. The van der Waals surface area contributed by atoms with Gasteiger partial charge in [0.05, 0.1) is 5.69 Å². The molecule has 2 amide bonds. The average molecular weight is 448 g/mol. The van der Waals surface area contributed by atoms with Crippen molar-refractivity contribution >= 4 is 12.0 Å². The molecular weight excluding hydrogens is 418 g/mol. The van der Waals surface area contributed by atoms with Crippen molar-refractivity contribution in [3.8, 4) is 16.9 Å². The Balaban J connectivity index is 1.60. The molecule has 33 heavy (non-hydrogen) atoms. The number of aromatic nitrogens is 3. The van der Waals surface area contributed by atoms with Gasteiger partial charge in [-0.05, 0) is 39.3 Å². The van der Waals surface area contributed by atoms with Crippen molar-refractivity contribution in [2.24, 2.45) is 0 Å². The van der Waals surface area contributed by atoms with Gasteiger partial charge >= 0.3 is 6.09 Å². The summed E-state index contributed by atoms with van der Waals surface area (Å²) in [5.74, 6) is -0.193. The molecule has 1 aliphatic rings. The van der Waals surface area contributed by atoms with Crippen LogP contribution in [0.1, 0.15) is 37.7 Å². The van der Waals surface area contributed by atoms with E-state index in [9.17, 15) is 9.59 Å². The van der Waals surface area contributed by atoms with Crippen LogP contribution in [0.4, 0.5) is 4.79 Å². The Labute approximate surface area is 193 Å². The minimum atomic E-state index is -0.556. The molecule has 0 radical (unpaired) electrons. The summed E-state index contributed by atoms with van der Waals surface area (Å²) in [4.78, 5) is 29.5. The highest BCUT2D eigenvalue weighted by Gasteiger charge is 2.30. The van der Waals surface area contributed by atoms with Gasteiger partial charge in [-0.3, -0.25) is 4.79 Å². The monoisotopic (exact) mass is 447 g/mol. The van der Waals surface area contributed by atoms with Crippen molar-refractivity contribution in [3.63, 3.8) is 0 Å². The van der Waals surface area contributed by atoms with Crippen LogP contribution in [0.2, 0.25) is 0 Å². The Morgan fingerprint density at radius 2 is 1.45 bits per heavy atom. The van der Waals surface area contributed by atoms with E-state index in [0.717, 1.165) is 11.3 Å². The van der Waals surface area contributed by atoms with E-state index in [-0.39, 0.29) is 12.0 Å². The first-order valence-electron chi connectivity index (χ1n) is 11.2. The van der Waals surface area contributed by atoms with Gasteiger partial charge in [0.15, 0.2) is 5.69 Å². The number of nitrogens with zero attached hydrogens (tertiary/aromatic N) is 5. The molecule has 8 heteroatoms. The van der Waals surface area contributed by atoms with Crippen LogP contribution in [0.3, 0.4) is 0 Å². The molecule has 1 aliphatic heterocycles. The first-order valence-corrected chi connectivity index (χ1v) is 11.2. The molecule has 0 N–H and O–H groups in total. The number of rotatable bonds is 3. The van der Waals surface area contributed by atoms with Crippen molar-refractivity contribution in [1.82, 2.24) is 24.8 Å². The van der Waals surface area contributed by atoms with Gasteiger partial charge in [0.25, 0.3) is 5.91 Å². The zero-order valence-corrected chi connectivity index (χ0v) is 19.3. The number of hydrogen-bond acceptors (Lipinski definition) is 5. The predicted molar refractivity (Wildman–Crippen MR) is 125 cm³/mol. The maximum absolute atomic E-state index is 13.6. The number of amides is 2. The number of benzene rings is 2. The lowest BCUT2D eigenvalue weighted by Gasteiger charge is -2.26. The lowest BCUT2D eigenvalue weighted by atomic mass is 10.1. The number of hydrogen-bond donors (Lipinski definition) is 0. The van der Waals surface area contributed by atoms with E-state index < -0.39 is 5.60 Å². The molecule has 0 atom stereocenters. The molecule has 0 saturated carbocycles. The molecule has 4 rings (SSSR count). The Kier molecular flexibility index (Phi) is 6.44. The van der Waals surface area contributed by atoms with Gasteiger partial charge in [-0.25, -0.2) is 9.48 Å². The van der Waals surface area contributed by atoms with Gasteiger partial charge in [0.2, 0.25) is 0 Å². The van der Waals surface area contributed by atoms with Crippen LogP contribution in [-0.2, 0) is 4.74 Å². The van der Waals surface area contributed by atoms with Gasteiger partial charge in [-0.15, -0.1) is 5.10 Å². The van der Waals surface area contributed by atoms with Crippen molar-refractivity contribution in [2.45, 2.75) is 32.8 Å². The van der Waals surface area contributed by atoms with Crippen LogP contribution < -0.4 is 0 Å². The first-order chi connectivity index (χ1) is 15.8. The molecular formula is C25H29N5O3. The summed E-state index contributed by atoms with van der Waals surface area (Å²) in [5.41, 5.74) is 2.09. The van der Waals surface area contributed by atoms with Crippen LogP contribution in [0, 0.1) is 0 Å². The number of para-hydroxylation sites is 1. The summed E-state index contributed by atoms with van der Waals surface area (Å²) in [5, 5.41) is 8.61. The minimum Gasteiger partial charge on any atom is -0.444 e. The highest BCUT2D eigenvalue weighted by Crippen LogP contribution is 2.26. The van der Waals surface area contributed by atoms with E-state index >= 15 is 0 Å². The van der Waals surface area contributed by atoms with Crippen molar-refractivity contribution in [3.05, 3.63) is 66.4 Å². The van der Waals surface area contributed by atoms with Gasteiger partial charge in [0, 0.05) is 31.7 Å². The van der Waals surface area contributed by atoms with Crippen LogP contribution in [0.5, 0.6) is 0 Å². The summed E-state index contributed by atoms with van der Waals surface area (Å²) in [6.45, 7) is 7.43. The molecule has 3 aromatic rings. The smallest absolute Gasteiger partial charge is 0.410 e. The van der Waals surface area contributed by atoms with E-state index in [1.54, 1.807) is 14.5 Å². The van der Waals surface area contributed by atoms with Gasteiger partial charge in [-0.1, -0.05) is 53.7 Å². The summed E-state index contributed by atoms with van der Waals surface area (Å²) < 4.78 is 7.20. The number of ether oxygens (including phenoxy) is 1. The molecule has 0 aliphatic carbocycles. The third-order valence-corrected chi connectivity index (χ3v) is 5.36. The first kappa shape index (κ1) is 22.5. The highest BCUT2D eigenvalue weighted by molar-refractivity contribution is 5.98. The fourth-order valence-electron chi connectivity index (χ4n) is 3.81. The maximum Gasteiger partial charge on any atom is 0.410 e. The second-order valence-corrected chi connectivity index (χ2v) is 9.01. The third-order valence-electron chi connectivity index (χ3n) is 5.36. The van der Waals surface area contributed by atoms with Crippen LogP contribution >= 0.6 is 0 Å². The maximum atomic E-state index is 13.6. The van der Waals surface area contributed by atoms with Gasteiger partial charge < -0.3 is 14.5 Å². The van der Waals surface area contributed by atoms with E-state index in [1.807, 2.05) is 81.4 Å². The molecule has 1 saturated heterocycles. The molecule has 2 heterocycles. The largest absolute Gasteiger partial charge is 0.444 e. The fourth-order valence-corrected chi connectivity index (χ4v) is 3.81. The lowest BCUT2D eigenvalue weighted by molar-refractivity contribution is 0.0255. The van der Waals surface area contributed by atoms with E-state index in [2.05, 4.69) is 10.3 Å². The SMILES string of the molecule is CC(C)(C)OC(=O)N1CCCN(C(=O)c2nnn(-c3ccccc3)c2-c2ccccc2)CC1. The Morgan fingerprint density at radius 1 is 0.848 bits per heavy atom. The number of carbonyl (C=O) groups excluding carboxylic acids is 2. The van der Waals surface area contributed by atoms with E-state index in [1.165, 1.54) is 0 Å². The molecule has 8 nitrogen and oxygen atoms in total. The van der Waals surface area contributed by atoms with Crippen LogP contribution in [-0.4, -0.2) is 68.6 Å². The third kappa shape index (κ3) is 5.22. The molecule has 172 valence electrons. The number of carbonyl (C=O) groups is 2. The molecule has 0 spiro atoms. The molecule has 0 bridgehead atoms. The van der Waals surface area contributed by atoms with E-state index in [0.29, 0.717) is 44.0 Å². The summed E-state index contributed by atoms with van der Waals surface area (Å²) in [7, 11) is 0. The quantitative estimate of drug-likeness (QED) is 0.606. The zero-order valence-electron chi connectivity index (χ0n) is 19.3. The van der Waals surface area contributed by atoms with Crippen LogP contribution in [0.25, 0.3) is 16.9 Å². The van der Waals surface area contributed by atoms with Gasteiger partial charge in [0.1, 0.15) is 11.3 Å². The topological polar surface area (TPSA) is 80.6 Å². The second-order valence-electron chi connectivity index (χ2n) is 9.01. The predicted octanol–water partition coefficient (Wildman–Crippen LogP) is 4.02. The molecule has 2 aromatic carbocycles. The van der Waals surface area contributed by atoms with Gasteiger partial charge in [-0.2, -0.15) is 0 Å². The van der Waals surface area contributed by atoms with Crippen LogP contribution in [0.15, 0.2) is 60.7 Å². The second kappa shape index (κ2) is 9.44. The van der Waals surface area contributed by atoms with E-state index in [4.69, 9.17) is 4.74 Å². The standard InChI is InChI=1S/C25H29N5O3/c1-25(2,3)33-24(32)29-16-10-15-28(17-18-29)23(31)21-22(19-11-6-4-7-12-19)30(27-26-21)20-13-8-5-9-14-20/h4-9,11-14H,10,15-18H2,1-3H3. The van der Waals surface area contributed by atoms with Crippen molar-refractivity contribution in [1.29, 1.82) is 0 Å². The summed E-state index contributed by atoms with van der Waals surface area (Å²) in [6.07, 6.45) is 0.315. The van der Waals surface area contributed by atoms with Crippen molar-refractivity contribution in [2.75, 3.05) is 26.2 Å².